The Hall–Kier alpha value is -2.19. The van der Waals surface area contributed by atoms with Gasteiger partial charge >= 0.3 is 0 Å². The van der Waals surface area contributed by atoms with E-state index in [-0.39, 0.29) is 6.10 Å². The van der Waals surface area contributed by atoms with Gasteiger partial charge in [-0.25, -0.2) is 0 Å². The quantitative estimate of drug-likeness (QED) is 0.384. The van der Waals surface area contributed by atoms with Crippen molar-refractivity contribution in [3.8, 4) is 5.75 Å². The molecule has 0 saturated carbocycles. The number of hydrogen-bond acceptors (Lipinski definition) is 2. The molecule has 0 saturated heterocycles. The van der Waals surface area contributed by atoms with E-state index in [0.29, 0.717) is 12.5 Å². The lowest BCUT2D eigenvalue weighted by Gasteiger charge is -2.20. The molecule has 0 bridgehead atoms. The third kappa shape index (κ3) is 4.69. The lowest BCUT2D eigenvalue weighted by atomic mass is 10.0. The van der Waals surface area contributed by atoms with Crippen LogP contribution in [0.1, 0.15) is 26.7 Å². The molecule has 2 aromatic carbocycles. The number of nitrogens with zero attached hydrogens (tertiary/aromatic N) is 3. The molecule has 1 atom stereocenters. The van der Waals surface area contributed by atoms with Gasteiger partial charge in [0.25, 0.3) is 0 Å². The summed E-state index contributed by atoms with van der Waals surface area (Å²) < 4.78 is 6.10. The van der Waals surface area contributed by atoms with E-state index in [2.05, 4.69) is 48.1 Å². The summed E-state index contributed by atoms with van der Waals surface area (Å²) in [5.41, 5.74) is 8.39. The smallest absolute Gasteiger partial charge is 0.120 e. The Morgan fingerprint density at radius 2 is 1.90 bits per heavy atom. The Bertz CT molecular complexity index is 633. The minimum absolute atomic E-state index is 0.0802. The van der Waals surface area contributed by atoms with Crippen LogP contribution in [0.4, 0.5) is 0 Å². The molecule has 21 heavy (non-hydrogen) atoms. The van der Waals surface area contributed by atoms with E-state index in [0.717, 1.165) is 18.6 Å². The maximum Gasteiger partial charge on any atom is 0.120 e. The van der Waals surface area contributed by atoms with Crippen molar-refractivity contribution in [3.63, 3.8) is 0 Å². The Balaban J connectivity index is 2.10. The van der Waals surface area contributed by atoms with E-state index in [1.165, 1.54) is 10.8 Å². The fraction of sp³-hybridized carbons (Fsp3) is 0.412. The first-order valence-corrected chi connectivity index (χ1v) is 7.35. The summed E-state index contributed by atoms with van der Waals surface area (Å²) in [7, 11) is 0. The molecular weight excluding hydrogens is 262 g/mol. The summed E-state index contributed by atoms with van der Waals surface area (Å²) in [5, 5.41) is 5.99. The zero-order valence-corrected chi connectivity index (χ0v) is 12.6. The number of ether oxygens (including phenoxy) is 1. The van der Waals surface area contributed by atoms with Gasteiger partial charge in [-0.05, 0) is 47.2 Å². The van der Waals surface area contributed by atoms with Crippen LogP contribution >= 0.6 is 0 Å². The lowest BCUT2D eigenvalue weighted by molar-refractivity contribution is 0.167. The predicted octanol–water partition coefficient (Wildman–Crippen LogP) is 5.33. The van der Waals surface area contributed by atoms with Crippen molar-refractivity contribution in [1.82, 2.24) is 0 Å². The van der Waals surface area contributed by atoms with Crippen molar-refractivity contribution in [1.29, 1.82) is 0 Å². The molecule has 0 spiro atoms. The molecule has 1 unspecified atom stereocenters. The Morgan fingerprint density at radius 3 is 2.62 bits per heavy atom. The average molecular weight is 283 g/mol. The van der Waals surface area contributed by atoms with Crippen molar-refractivity contribution in [3.05, 3.63) is 52.9 Å². The fourth-order valence-electron chi connectivity index (χ4n) is 2.43. The molecule has 4 heteroatoms. The summed E-state index contributed by atoms with van der Waals surface area (Å²) in [6.45, 7) is 4.82. The van der Waals surface area contributed by atoms with Crippen LogP contribution in [0, 0.1) is 5.92 Å². The van der Waals surface area contributed by atoms with Gasteiger partial charge in [-0.3, -0.25) is 0 Å². The van der Waals surface area contributed by atoms with Gasteiger partial charge in [0.2, 0.25) is 0 Å². The molecule has 0 heterocycles. The molecule has 2 aromatic rings. The van der Waals surface area contributed by atoms with Crippen LogP contribution in [0.3, 0.4) is 0 Å². The molecule has 0 fully saturated rings. The summed E-state index contributed by atoms with van der Waals surface area (Å²) in [6.07, 6.45) is 1.78. The first kappa shape index (κ1) is 15.2. The molecular formula is C17H21N3O. The summed E-state index contributed by atoms with van der Waals surface area (Å²) in [6, 6.07) is 14.4. The number of azide groups is 1. The van der Waals surface area contributed by atoms with Crippen molar-refractivity contribution >= 4 is 10.8 Å². The van der Waals surface area contributed by atoms with Crippen LogP contribution in [0.25, 0.3) is 21.2 Å². The zero-order valence-electron chi connectivity index (χ0n) is 12.6. The maximum absolute atomic E-state index is 8.39. The first-order valence-electron chi connectivity index (χ1n) is 7.35. The Kier molecular flexibility index (Phi) is 5.47. The highest BCUT2D eigenvalue weighted by Crippen LogP contribution is 2.23. The zero-order chi connectivity index (χ0) is 15.1. The molecule has 0 aliphatic heterocycles. The predicted molar refractivity (Wildman–Crippen MR) is 86.4 cm³/mol. The third-order valence-corrected chi connectivity index (χ3v) is 3.37. The average Bonchev–Trinajstić information content (AvgIpc) is 2.46. The monoisotopic (exact) mass is 283 g/mol. The van der Waals surface area contributed by atoms with Crippen molar-refractivity contribution in [2.75, 3.05) is 6.54 Å². The Morgan fingerprint density at radius 1 is 1.14 bits per heavy atom. The van der Waals surface area contributed by atoms with Gasteiger partial charge in [-0.2, -0.15) is 0 Å². The normalized spacial score (nSPS) is 12.1. The van der Waals surface area contributed by atoms with Gasteiger partial charge in [0.15, 0.2) is 0 Å². The molecule has 0 N–H and O–H groups in total. The Labute approximate surface area is 125 Å². The second-order valence-corrected chi connectivity index (χ2v) is 5.62. The van der Waals surface area contributed by atoms with Crippen LogP contribution in [0.5, 0.6) is 5.75 Å². The number of hydrogen-bond donors (Lipinski definition) is 0. The van der Waals surface area contributed by atoms with E-state index < -0.39 is 0 Å². The van der Waals surface area contributed by atoms with Gasteiger partial charge in [0, 0.05) is 11.5 Å². The van der Waals surface area contributed by atoms with Crippen molar-refractivity contribution < 1.29 is 4.74 Å². The molecule has 4 nitrogen and oxygen atoms in total. The SMILES string of the molecule is CC(C)CC(CCN=[N+]=[N-])Oc1ccc2ccccc2c1. The highest BCUT2D eigenvalue weighted by Gasteiger charge is 2.12. The molecule has 0 aliphatic rings. The van der Waals surface area contributed by atoms with E-state index >= 15 is 0 Å². The van der Waals surface area contributed by atoms with E-state index in [1.807, 2.05) is 18.2 Å². The van der Waals surface area contributed by atoms with Crippen LogP contribution in [-0.4, -0.2) is 12.6 Å². The minimum atomic E-state index is 0.0802. The van der Waals surface area contributed by atoms with Gasteiger partial charge in [-0.15, -0.1) is 0 Å². The molecule has 0 aromatic heterocycles. The molecule has 0 aliphatic carbocycles. The molecule has 0 amide bonds. The topological polar surface area (TPSA) is 58.0 Å². The molecule has 2 rings (SSSR count). The lowest BCUT2D eigenvalue weighted by Crippen LogP contribution is -2.20. The second kappa shape index (κ2) is 7.55. The molecule has 0 radical (unpaired) electrons. The standard InChI is InChI=1S/C17H21N3O/c1-13(2)11-17(9-10-19-20-18)21-16-8-7-14-5-3-4-6-15(14)12-16/h3-8,12-13,17H,9-11H2,1-2H3. The second-order valence-electron chi connectivity index (χ2n) is 5.62. The van der Waals surface area contributed by atoms with Crippen LogP contribution in [0.2, 0.25) is 0 Å². The van der Waals surface area contributed by atoms with Crippen LogP contribution < -0.4 is 4.74 Å². The van der Waals surface area contributed by atoms with Gasteiger partial charge in [-0.1, -0.05) is 49.3 Å². The van der Waals surface area contributed by atoms with Crippen molar-refractivity contribution in [2.45, 2.75) is 32.8 Å². The highest BCUT2D eigenvalue weighted by atomic mass is 16.5. The van der Waals surface area contributed by atoms with E-state index in [4.69, 9.17) is 10.3 Å². The van der Waals surface area contributed by atoms with Crippen LogP contribution in [-0.2, 0) is 0 Å². The van der Waals surface area contributed by atoms with Gasteiger partial charge in [0.05, 0.1) is 6.10 Å². The molecule has 110 valence electrons. The maximum atomic E-state index is 8.39. The first-order chi connectivity index (χ1) is 10.2. The summed E-state index contributed by atoms with van der Waals surface area (Å²) in [5.74, 6) is 1.42. The van der Waals surface area contributed by atoms with E-state index in [9.17, 15) is 0 Å². The summed E-state index contributed by atoms with van der Waals surface area (Å²) in [4.78, 5) is 2.80. The highest BCUT2D eigenvalue weighted by molar-refractivity contribution is 5.83. The van der Waals surface area contributed by atoms with Gasteiger partial charge < -0.3 is 4.74 Å². The minimum Gasteiger partial charge on any atom is -0.490 e. The van der Waals surface area contributed by atoms with E-state index in [1.54, 1.807) is 0 Å². The van der Waals surface area contributed by atoms with Crippen molar-refractivity contribution in [2.24, 2.45) is 11.0 Å². The van der Waals surface area contributed by atoms with Gasteiger partial charge in [0.1, 0.15) is 5.75 Å². The fourth-order valence-corrected chi connectivity index (χ4v) is 2.43. The number of rotatable bonds is 7. The number of benzene rings is 2. The third-order valence-electron chi connectivity index (χ3n) is 3.37. The van der Waals surface area contributed by atoms with Crippen LogP contribution in [0.15, 0.2) is 47.6 Å². The number of fused-ring (bicyclic) bond motifs is 1. The largest absolute Gasteiger partial charge is 0.490 e. The summed E-state index contributed by atoms with van der Waals surface area (Å²) >= 11 is 0.